The van der Waals surface area contributed by atoms with E-state index in [9.17, 15) is 9.46 Å². The Morgan fingerprint density at radius 2 is 1.45 bits per heavy atom. The maximum absolute atomic E-state index is 10.9. The molecule has 0 saturated carbocycles. The van der Waals surface area contributed by atoms with E-state index in [2.05, 4.69) is 6.92 Å². The monoisotopic (exact) mass is 337 g/mol. The summed E-state index contributed by atoms with van der Waals surface area (Å²) in [5.41, 5.74) is 0. The Kier molecular flexibility index (Phi) is 11.6. The normalized spacial score (nSPS) is 16.5. The highest BCUT2D eigenvalue weighted by molar-refractivity contribution is 7.44. The molecule has 0 aromatic rings. The standard InChI is InChI=1S/C16H36NO4P/c1-5-6-7-8-9-10-11-12-13-14-16(15-17(2,3)4)21-22(18,19)20/h16H,5-15H2,1-4H3,(H-,18,19,20). The smallest absolute Gasteiger partial charge is 0.265 e. The predicted molar refractivity (Wildman–Crippen MR) is 89.4 cm³/mol. The Balaban J connectivity index is 3.82. The number of rotatable bonds is 14. The van der Waals surface area contributed by atoms with E-state index in [4.69, 9.17) is 9.42 Å². The van der Waals surface area contributed by atoms with Crippen molar-refractivity contribution in [3.63, 3.8) is 0 Å². The maximum atomic E-state index is 10.9. The number of likely N-dealkylation sites (N-methyl/N-ethyl adjacent to an activating group) is 1. The average Bonchev–Trinajstić information content (AvgIpc) is 2.32. The van der Waals surface area contributed by atoms with Gasteiger partial charge in [0.1, 0.15) is 12.6 Å². The summed E-state index contributed by atoms with van der Waals surface area (Å²) in [7, 11) is 1.31. The summed E-state index contributed by atoms with van der Waals surface area (Å²) < 4.78 is 16.4. The quantitative estimate of drug-likeness (QED) is 0.299. The Hall–Kier alpha value is 0.0700. The van der Waals surface area contributed by atoms with E-state index in [1.807, 2.05) is 21.1 Å². The molecule has 5 nitrogen and oxygen atoms in total. The fraction of sp³-hybridized carbons (Fsp3) is 1.00. The second-order valence-corrected chi connectivity index (χ2v) is 8.43. The van der Waals surface area contributed by atoms with E-state index in [1.165, 1.54) is 44.9 Å². The Morgan fingerprint density at radius 1 is 1.00 bits per heavy atom. The van der Waals surface area contributed by atoms with E-state index >= 15 is 0 Å². The van der Waals surface area contributed by atoms with Gasteiger partial charge in [0.25, 0.3) is 7.82 Å². The molecule has 0 amide bonds. The molecule has 0 saturated heterocycles. The molecule has 1 N–H and O–H groups in total. The molecular formula is C16H36NO4P. The molecular weight excluding hydrogens is 301 g/mol. The van der Waals surface area contributed by atoms with Crippen LogP contribution in [0.1, 0.15) is 71.1 Å². The van der Waals surface area contributed by atoms with Gasteiger partial charge in [0, 0.05) is 0 Å². The zero-order chi connectivity index (χ0) is 17.1. The molecule has 6 heteroatoms. The number of phosphoric acid groups is 1. The molecule has 0 aliphatic heterocycles. The van der Waals surface area contributed by atoms with Crippen molar-refractivity contribution in [2.75, 3.05) is 27.7 Å². The highest BCUT2D eigenvalue weighted by Gasteiger charge is 2.22. The molecule has 0 aliphatic carbocycles. The first kappa shape index (κ1) is 22.1. The van der Waals surface area contributed by atoms with E-state index < -0.39 is 13.9 Å². The fourth-order valence-electron chi connectivity index (χ4n) is 2.66. The van der Waals surface area contributed by atoms with Gasteiger partial charge in [-0.05, 0) is 6.42 Å². The van der Waals surface area contributed by atoms with E-state index in [0.717, 1.165) is 12.8 Å². The number of nitrogens with zero attached hydrogens (tertiary/aromatic N) is 1. The minimum absolute atomic E-state index is 0.433. The van der Waals surface area contributed by atoms with Crippen LogP contribution < -0.4 is 4.89 Å². The zero-order valence-electron chi connectivity index (χ0n) is 14.9. The molecule has 0 radical (unpaired) electrons. The molecule has 0 aromatic carbocycles. The minimum Gasteiger partial charge on any atom is -0.756 e. The van der Waals surface area contributed by atoms with Gasteiger partial charge >= 0.3 is 0 Å². The van der Waals surface area contributed by atoms with Crippen LogP contribution in [0.4, 0.5) is 0 Å². The van der Waals surface area contributed by atoms with Gasteiger partial charge < -0.3 is 18.8 Å². The van der Waals surface area contributed by atoms with Gasteiger partial charge in [-0.15, -0.1) is 0 Å². The lowest BCUT2D eigenvalue weighted by atomic mass is 10.0. The molecule has 0 heterocycles. The Labute approximate surface area is 136 Å². The first-order valence-corrected chi connectivity index (χ1v) is 10.2. The second kappa shape index (κ2) is 11.6. The number of hydrogen-bond donors (Lipinski definition) is 1. The molecule has 2 atom stereocenters. The maximum Gasteiger partial charge on any atom is 0.265 e. The third-order valence-corrected chi connectivity index (χ3v) is 4.23. The van der Waals surface area contributed by atoms with Gasteiger partial charge in [-0.1, -0.05) is 64.7 Å². The van der Waals surface area contributed by atoms with Crippen LogP contribution in [-0.2, 0) is 9.09 Å². The lowest BCUT2D eigenvalue weighted by molar-refractivity contribution is -0.873. The van der Waals surface area contributed by atoms with Crippen molar-refractivity contribution >= 4 is 7.82 Å². The largest absolute Gasteiger partial charge is 0.756 e. The van der Waals surface area contributed by atoms with Crippen LogP contribution in [0.25, 0.3) is 0 Å². The predicted octanol–water partition coefficient (Wildman–Crippen LogP) is 3.46. The van der Waals surface area contributed by atoms with Crippen molar-refractivity contribution in [2.24, 2.45) is 0 Å². The summed E-state index contributed by atoms with van der Waals surface area (Å²) in [5, 5.41) is 0. The first-order chi connectivity index (χ1) is 10.1. The van der Waals surface area contributed by atoms with Crippen LogP contribution in [0.15, 0.2) is 0 Å². The summed E-state index contributed by atoms with van der Waals surface area (Å²) in [6.07, 6.45) is 11.3. The summed E-state index contributed by atoms with van der Waals surface area (Å²) in [6.45, 7) is 2.80. The van der Waals surface area contributed by atoms with Crippen LogP contribution in [0, 0.1) is 0 Å². The van der Waals surface area contributed by atoms with Gasteiger partial charge in [-0.3, -0.25) is 4.57 Å². The highest BCUT2D eigenvalue weighted by Crippen LogP contribution is 2.34. The third kappa shape index (κ3) is 16.4. The van der Waals surface area contributed by atoms with Crippen LogP contribution in [-0.4, -0.2) is 43.2 Å². The molecule has 2 unspecified atom stereocenters. The summed E-state index contributed by atoms with van der Waals surface area (Å²) in [4.78, 5) is 19.8. The molecule has 0 rings (SSSR count). The van der Waals surface area contributed by atoms with Gasteiger partial charge in [-0.2, -0.15) is 0 Å². The van der Waals surface area contributed by atoms with E-state index in [0.29, 0.717) is 17.4 Å². The molecule has 0 fully saturated rings. The molecule has 0 aliphatic rings. The third-order valence-electron chi connectivity index (χ3n) is 3.66. The lowest BCUT2D eigenvalue weighted by Gasteiger charge is -2.31. The van der Waals surface area contributed by atoms with Crippen LogP contribution in [0.5, 0.6) is 0 Å². The fourth-order valence-corrected chi connectivity index (χ4v) is 3.21. The second-order valence-electron chi connectivity index (χ2n) is 7.29. The van der Waals surface area contributed by atoms with Crippen molar-refractivity contribution in [1.82, 2.24) is 0 Å². The van der Waals surface area contributed by atoms with Crippen molar-refractivity contribution in [3.8, 4) is 0 Å². The van der Waals surface area contributed by atoms with Gasteiger partial charge in [-0.25, -0.2) is 0 Å². The lowest BCUT2D eigenvalue weighted by Crippen LogP contribution is -2.42. The Morgan fingerprint density at radius 3 is 1.86 bits per heavy atom. The molecule has 0 aromatic heterocycles. The topological polar surface area (TPSA) is 69.6 Å². The van der Waals surface area contributed by atoms with Crippen LogP contribution in [0.2, 0.25) is 0 Å². The number of quaternary nitrogens is 1. The summed E-state index contributed by atoms with van der Waals surface area (Å²) in [5.74, 6) is 0. The molecule has 22 heavy (non-hydrogen) atoms. The average molecular weight is 337 g/mol. The highest BCUT2D eigenvalue weighted by atomic mass is 31.2. The van der Waals surface area contributed by atoms with E-state index in [1.54, 1.807) is 0 Å². The van der Waals surface area contributed by atoms with Gasteiger partial charge in [0.15, 0.2) is 0 Å². The van der Waals surface area contributed by atoms with E-state index in [-0.39, 0.29) is 0 Å². The molecule has 134 valence electrons. The summed E-state index contributed by atoms with van der Waals surface area (Å²) >= 11 is 0. The first-order valence-electron chi connectivity index (χ1n) is 8.66. The summed E-state index contributed by atoms with van der Waals surface area (Å²) in [6, 6.07) is 0. The van der Waals surface area contributed by atoms with Gasteiger partial charge in [0.05, 0.1) is 21.1 Å². The van der Waals surface area contributed by atoms with Crippen molar-refractivity contribution < 1.29 is 23.4 Å². The van der Waals surface area contributed by atoms with Crippen molar-refractivity contribution in [3.05, 3.63) is 0 Å². The van der Waals surface area contributed by atoms with Crippen LogP contribution in [0.3, 0.4) is 0 Å². The van der Waals surface area contributed by atoms with Crippen molar-refractivity contribution in [1.29, 1.82) is 0 Å². The van der Waals surface area contributed by atoms with Crippen LogP contribution >= 0.6 is 7.82 Å². The van der Waals surface area contributed by atoms with Gasteiger partial charge in [0.2, 0.25) is 0 Å². The SMILES string of the molecule is CCCCCCCCCCCC(C[N+](C)(C)C)OP(=O)([O-])O. The Bertz CT molecular complexity index is 312. The van der Waals surface area contributed by atoms with Crippen molar-refractivity contribution in [2.45, 2.75) is 77.2 Å². The molecule has 0 spiro atoms. The number of unbranched alkanes of at least 4 members (excludes halogenated alkanes) is 8. The minimum atomic E-state index is -4.65. The molecule has 0 bridgehead atoms. The zero-order valence-corrected chi connectivity index (χ0v) is 15.8. The number of hydrogen-bond acceptors (Lipinski definition) is 3. The number of phosphoric ester groups is 1.